The molecule has 0 saturated carbocycles. The SMILES string of the molecule is O=C(O)c1csc(CCNC(=O)C2CCSC2)n1. The van der Waals surface area contributed by atoms with Crippen LogP contribution < -0.4 is 5.32 Å². The van der Waals surface area contributed by atoms with Crippen LogP contribution in [0.3, 0.4) is 0 Å². The van der Waals surface area contributed by atoms with Crippen LogP contribution >= 0.6 is 23.1 Å². The molecule has 2 heterocycles. The Bertz CT molecular complexity index is 441. The van der Waals surface area contributed by atoms with E-state index in [1.54, 1.807) is 0 Å². The van der Waals surface area contributed by atoms with E-state index >= 15 is 0 Å². The number of thioether (sulfide) groups is 1. The number of carbonyl (C=O) groups is 2. The number of thiazole rings is 1. The predicted octanol–water partition coefficient (Wildman–Crippen LogP) is 1.25. The first-order chi connectivity index (χ1) is 8.66. The number of hydrogen-bond acceptors (Lipinski definition) is 5. The molecule has 1 fully saturated rings. The number of carboxylic acid groups (broad SMARTS) is 1. The molecule has 0 spiro atoms. The van der Waals surface area contributed by atoms with Crippen molar-refractivity contribution in [3.8, 4) is 0 Å². The summed E-state index contributed by atoms with van der Waals surface area (Å²) in [6.45, 7) is 0.520. The van der Waals surface area contributed by atoms with E-state index < -0.39 is 5.97 Å². The fourth-order valence-electron chi connectivity index (χ4n) is 1.70. The number of carbonyl (C=O) groups excluding carboxylic acids is 1. The second-order valence-corrected chi connectivity index (χ2v) is 6.13. The fourth-order valence-corrected chi connectivity index (χ4v) is 3.69. The Morgan fingerprint density at radius 3 is 3.00 bits per heavy atom. The van der Waals surface area contributed by atoms with Gasteiger partial charge < -0.3 is 10.4 Å². The number of rotatable bonds is 5. The molecule has 2 rings (SSSR count). The molecular weight excluding hydrogens is 272 g/mol. The zero-order chi connectivity index (χ0) is 13.0. The lowest BCUT2D eigenvalue weighted by Gasteiger charge is -2.08. The highest BCUT2D eigenvalue weighted by Gasteiger charge is 2.22. The average molecular weight is 286 g/mol. The van der Waals surface area contributed by atoms with Crippen LogP contribution in [0, 0.1) is 5.92 Å². The second kappa shape index (κ2) is 6.19. The van der Waals surface area contributed by atoms with Gasteiger partial charge in [-0.1, -0.05) is 0 Å². The number of amides is 1. The average Bonchev–Trinajstić information content (AvgIpc) is 3.00. The minimum absolute atomic E-state index is 0.0773. The third-order valence-corrected chi connectivity index (χ3v) is 4.78. The molecule has 1 amide bonds. The van der Waals surface area contributed by atoms with E-state index in [1.807, 2.05) is 11.8 Å². The first-order valence-corrected chi connectivity index (χ1v) is 7.73. The van der Waals surface area contributed by atoms with Crippen LogP contribution in [0.25, 0.3) is 0 Å². The Labute approximate surface area is 113 Å². The van der Waals surface area contributed by atoms with Gasteiger partial charge in [0.1, 0.15) is 0 Å². The summed E-state index contributed by atoms with van der Waals surface area (Å²) in [6.07, 6.45) is 1.54. The van der Waals surface area contributed by atoms with Crippen LogP contribution in [0.4, 0.5) is 0 Å². The van der Waals surface area contributed by atoms with Crippen molar-refractivity contribution in [3.63, 3.8) is 0 Å². The monoisotopic (exact) mass is 286 g/mol. The smallest absolute Gasteiger partial charge is 0.355 e. The maximum absolute atomic E-state index is 11.7. The summed E-state index contributed by atoms with van der Waals surface area (Å²) in [4.78, 5) is 26.3. The van der Waals surface area contributed by atoms with Crippen molar-refractivity contribution in [1.82, 2.24) is 10.3 Å². The highest BCUT2D eigenvalue weighted by Crippen LogP contribution is 2.23. The molecule has 1 aliphatic rings. The van der Waals surface area contributed by atoms with E-state index in [1.165, 1.54) is 16.7 Å². The van der Waals surface area contributed by atoms with Crippen molar-refractivity contribution in [2.75, 3.05) is 18.1 Å². The van der Waals surface area contributed by atoms with Gasteiger partial charge in [0.25, 0.3) is 0 Å². The number of aromatic nitrogens is 1. The minimum Gasteiger partial charge on any atom is -0.476 e. The van der Waals surface area contributed by atoms with Crippen LogP contribution in [-0.4, -0.2) is 40.0 Å². The molecule has 7 heteroatoms. The van der Waals surface area contributed by atoms with Gasteiger partial charge >= 0.3 is 5.97 Å². The third-order valence-electron chi connectivity index (χ3n) is 2.71. The van der Waals surface area contributed by atoms with Crippen LogP contribution in [0.2, 0.25) is 0 Å². The summed E-state index contributed by atoms with van der Waals surface area (Å²) < 4.78 is 0. The van der Waals surface area contributed by atoms with Crippen molar-refractivity contribution in [2.45, 2.75) is 12.8 Å². The Morgan fingerprint density at radius 2 is 2.39 bits per heavy atom. The Morgan fingerprint density at radius 1 is 1.56 bits per heavy atom. The van der Waals surface area contributed by atoms with Crippen molar-refractivity contribution in [1.29, 1.82) is 0 Å². The molecule has 0 radical (unpaired) electrons. The normalized spacial score (nSPS) is 18.8. The molecule has 0 bridgehead atoms. The summed E-state index contributed by atoms with van der Waals surface area (Å²) in [5.74, 6) is 1.21. The first kappa shape index (κ1) is 13.4. The number of nitrogens with zero attached hydrogens (tertiary/aromatic N) is 1. The number of carboxylic acids is 1. The lowest BCUT2D eigenvalue weighted by atomic mass is 10.1. The quantitative estimate of drug-likeness (QED) is 0.851. The lowest BCUT2D eigenvalue weighted by molar-refractivity contribution is -0.124. The van der Waals surface area contributed by atoms with Gasteiger partial charge in [0.2, 0.25) is 5.91 Å². The molecule has 1 unspecified atom stereocenters. The molecule has 18 heavy (non-hydrogen) atoms. The van der Waals surface area contributed by atoms with E-state index in [0.717, 1.165) is 22.9 Å². The van der Waals surface area contributed by atoms with Crippen molar-refractivity contribution in [3.05, 3.63) is 16.1 Å². The van der Waals surface area contributed by atoms with Gasteiger partial charge in [-0.15, -0.1) is 11.3 Å². The van der Waals surface area contributed by atoms with E-state index in [0.29, 0.717) is 13.0 Å². The standard InChI is InChI=1S/C11H14N2O3S2/c14-10(7-2-4-17-5-7)12-3-1-9-13-8(6-18-9)11(15)16/h6-7H,1-5H2,(H,12,14)(H,15,16). The first-order valence-electron chi connectivity index (χ1n) is 5.70. The van der Waals surface area contributed by atoms with Gasteiger partial charge in [-0.2, -0.15) is 11.8 Å². The van der Waals surface area contributed by atoms with Gasteiger partial charge in [0, 0.05) is 30.0 Å². The maximum atomic E-state index is 11.7. The number of nitrogens with one attached hydrogen (secondary N) is 1. The number of aromatic carboxylic acids is 1. The molecule has 0 aromatic carbocycles. The van der Waals surface area contributed by atoms with Crippen LogP contribution in [0.1, 0.15) is 21.9 Å². The molecule has 1 saturated heterocycles. The molecule has 1 aromatic rings. The van der Waals surface area contributed by atoms with E-state index in [4.69, 9.17) is 5.11 Å². The Kier molecular flexibility index (Phi) is 4.60. The van der Waals surface area contributed by atoms with Crippen LogP contribution in [0.15, 0.2) is 5.38 Å². The molecule has 98 valence electrons. The zero-order valence-corrected chi connectivity index (χ0v) is 11.4. The van der Waals surface area contributed by atoms with Gasteiger partial charge in [0.05, 0.1) is 5.01 Å². The zero-order valence-electron chi connectivity index (χ0n) is 9.72. The van der Waals surface area contributed by atoms with Gasteiger partial charge in [-0.25, -0.2) is 9.78 Å². The van der Waals surface area contributed by atoms with E-state index in [2.05, 4.69) is 10.3 Å². The molecule has 1 aromatic heterocycles. The minimum atomic E-state index is -1.01. The highest BCUT2D eigenvalue weighted by molar-refractivity contribution is 7.99. The molecule has 2 N–H and O–H groups in total. The Hall–Kier alpha value is -1.08. The molecule has 1 atom stereocenters. The van der Waals surface area contributed by atoms with Gasteiger partial charge in [-0.05, 0) is 12.2 Å². The van der Waals surface area contributed by atoms with Crippen molar-refractivity contribution >= 4 is 35.0 Å². The second-order valence-electron chi connectivity index (χ2n) is 4.03. The summed E-state index contributed by atoms with van der Waals surface area (Å²) in [5.41, 5.74) is 0.0773. The molecular formula is C11H14N2O3S2. The molecule has 1 aliphatic heterocycles. The van der Waals surface area contributed by atoms with Gasteiger partial charge in [0.15, 0.2) is 5.69 Å². The predicted molar refractivity (Wildman–Crippen MR) is 71.2 cm³/mol. The molecule has 5 nitrogen and oxygen atoms in total. The lowest BCUT2D eigenvalue weighted by Crippen LogP contribution is -2.32. The maximum Gasteiger partial charge on any atom is 0.355 e. The van der Waals surface area contributed by atoms with Crippen molar-refractivity contribution in [2.24, 2.45) is 5.92 Å². The van der Waals surface area contributed by atoms with Crippen LogP contribution in [0.5, 0.6) is 0 Å². The van der Waals surface area contributed by atoms with Crippen molar-refractivity contribution < 1.29 is 14.7 Å². The summed E-state index contributed by atoms with van der Waals surface area (Å²) >= 11 is 3.12. The third kappa shape index (κ3) is 3.46. The summed E-state index contributed by atoms with van der Waals surface area (Å²) in [5, 5.41) is 13.9. The summed E-state index contributed by atoms with van der Waals surface area (Å²) in [7, 11) is 0. The fraction of sp³-hybridized carbons (Fsp3) is 0.545. The Balaban J connectivity index is 1.74. The van der Waals surface area contributed by atoms with E-state index in [-0.39, 0.29) is 17.5 Å². The molecule has 0 aliphatic carbocycles. The van der Waals surface area contributed by atoms with E-state index in [9.17, 15) is 9.59 Å². The highest BCUT2D eigenvalue weighted by atomic mass is 32.2. The number of hydrogen-bond donors (Lipinski definition) is 2. The van der Waals surface area contributed by atoms with Crippen LogP contribution in [-0.2, 0) is 11.2 Å². The topological polar surface area (TPSA) is 79.3 Å². The largest absolute Gasteiger partial charge is 0.476 e. The summed E-state index contributed by atoms with van der Waals surface area (Å²) in [6, 6.07) is 0. The van der Waals surface area contributed by atoms with Gasteiger partial charge in [-0.3, -0.25) is 4.79 Å².